The third kappa shape index (κ3) is 4.78. The Hall–Kier alpha value is -1.56. The van der Waals surface area contributed by atoms with E-state index in [0.717, 1.165) is 24.5 Å². The highest BCUT2D eigenvalue weighted by atomic mass is 35.5. The van der Waals surface area contributed by atoms with Crippen LogP contribution in [0.3, 0.4) is 0 Å². The fourth-order valence-corrected chi connectivity index (χ4v) is 4.15. The van der Waals surface area contributed by atoms with E-state index in [2.05, 4.69) is 17.9 Å². The van der Waals surface area contributed by atoms with Gasteiger partial charge in [0.15, 0.2) is 9.84 Å². The summed E-state index contributed by atoms with van der Waals surface area (Å²) in [7, 11) is -3.17. The zero-order valence-electron chi connectivity index (χ0n) is 15.1. The SMILES string of the molecule is CC(c1cccc(Cl)c1)N1CCC(COc2ccc(S(C)(=O)=O)cc2)C1. The van der Waals surface area contributed by atoms with Crippen molar-refractivity contribution in [2.45, 2.75) is 24.3 Å². The van der Waals surface area contributed by atoms with Crippen molar-refractivity contribution >= 4 is 21.4 Å². The van der Waals surface area contributed by atoms with E-state index in [9.17, 15) is 8.42 Å². The summed E-state index contributed by atoms with van der Waals surface area (Å²) in [5.74, 6) is 1.17. The van der Waals surface area contributed by atoms with Crippen LogP contribution in [0.25, 0.3) is 0 Å². The molecule has 4 nitrogen and oxygen atoms in total. The molecule has 2 unspecified atom stereocenters. The van der Waals surface area contributed by atoms with Crippen LogP contribution >= 0.6 is 11.6 Å². The fourth-order valence-electron chi connectivity index (χ4n) is 3.32. The Balaban J connectivity index is 1.53. The largest absolute Gasteiger partial charge is 0.493 e. The molecule has 0 saturated carbocycles. The minimum absolute atomic E-state index is 0.312. The van der Waals surface area contributed by atoms with E-state index in [4.69, 9.17) is 16.3 Å². The minimum Gasteiger partial charge on any atom is -0.493 e. The van der Waals surface area contributed by atoms with Crippen LogP contribution in [0.2, 0.25) is 5.02 Å². The topological polar surface area (TPSA) is 46.6 Å². The Labute approximate surface area is 160 Å². The van der Waals surface area contributed by atoms with Gasteiger partial charge in [-0.05, 0) is 61.9 Å². The highest BCUT2D eigenvalue weighted by Gasteiger charge is 2.27. The average Bonchev–Trinajstić information content (AvgIpc) is 3.08. The number of nitrogens with zero attached hydrogens (tertiary/aromatic N) is 1. The van der Waals surface area contributed by atoms with Gasteiger partial charge in [-0.2, -0.15) is 0 Å². The van der Waals surface area contributed by atoms with Gasteiger partial charge in [-0.3, -0.25) is 4.90 Å². The molecule has 6 heteroatoms. The van der Waals surface area contributed by atoms with Crippen LogP contribution in [0.1, 0.15) is 24.9 Å². The molecule has 1 saturated heterocycles. The first-order valence-electron chi connectivity index (χ1n) is 8.75. The van der Waals surface area contributed by atoms with E-state index in [1.54, 1.807) is 24.3 Å². The molecule has 140 valence electrons. The maximum absolute atomic E-state index is 11.5. The number of hydrogen-bond acceptors (Lipinski definition) is 4. The van der Waals surface area contributed by atoms with Crippen molar-refractivity contribution in [3.63, 3.8) is 0 Å². The predicted octanol–water partition coefficient (Wildman–Crippen LogP) is 4.21. The van der Waals surface area contributed by atoms with Gasteiger partial charge in [0.2, 0.25) is 0 Å². The molecular weight excluding hydrogens is 370 g/mol. The Kier molecular flexibility index (Phi) is 5.90. The first-order chi connectivity index (χ1) is 12.3. The smallest absolute Gasteiger partial charge is 0.175 e. The molecule has 0 bridgehead atoms. The molecule has 1 fully saturated rings. The monoisotopic (exact) mass is 393 g/mol. The maximum atomic E-state index is 11.5. The molecule has 1 aliphatic rings. The number of ether oxygens (including phenoxy) is 1. The van der Waals surface area contributed by atoms with Crippen molar-refractivity contribution < 1.29 is 13.2 Å². The van der Waals surface area contributed by atoms with Crippen LogP contribution < -0.4 is 4.74 Å². The van der Waals surface area contributed by atoms with Gasteiger partial charge in [0, 0.05) is 29.8 Å². The third-order valence-electron chi connectivity index (χ3n) is 4.93. The number of rotatable bonds is 6. The van der Waals surface area contributed by atoms with E-state index in [1.165, 1.54) is 11.8 Å². The van der Waals surface area contributed by atoms with Crippen LogP contribution in [0, 0.1) is 5.92 Å². The molecule has 0 amide bonds. The average molecular weight is 394 g/mol. The van der Waals surface area contributed by atoms with Gasteiger partial charge < -0.3 is 4.74 Å². The molecular formula is C20H24ClNO3S. The van der Waals surface area contributed by atoms with Gasteiger partial charge in [-0.15, -0.1) is 0 Å². The molecule has 0 radical (unpaired) electrons. The summed E-state index contributed by atoms with van der Waals surface area (Å²) in [5.41, 5.74) is 1.23. The van der Waals surface area contributed by atoms with Crippen LogP contribution in [0.4, 0.5) is 0 Å². The Bertz CT molecular complexity index is 852. The zero-order chi connectivity index (χ0) is 18.7. The Morgan fingerprint density at radius 2 is 1.96 bits per heavy atom. The minimum atomic E-state index is -3.17. The second-order valence-electron chi connectivity index (χ2n) is 6.94. The maximum Gasteiger partial charge on any atom is 0.175 e. The normalized spacial score (nSPS) is 19.4. The zero-order valence-corrected chi connectivity index (χ0v) is 16.6. The first kappa shape index (κ1) is 19.2. The molecule has 0 N–H and O–H groups in total. The van der Waals surface area contributed by atoms with E-state index in [0.29, 0.717) is 29.2 Å². The molecule has 3 rings (SSSR count). The van der Waals surface area contributed by atoms with Gasteiger partial charge in [0.25, 0.3) is 0 Å². The lowest BCUT2D eigenvalue weighted by Crippen LogP contribution is -2.25. The van der Waals surface area contributed by atoms with Crippen LogP contribution in [-0.2, 0) is 9.84 Å². The molecule has 0 spiro atoms. The van der Waals surface area contributed by atoms with Crippen LogP contribution in [-0.4, -0.2) is 39.3 Å². The van der Waals surface area contributed by atoms with Crippen molar-refractivity contribution in [2.75, 3.05) is 26.0 Å². The lowest BCUT2D eigenvalue weighted by molar-refractivity contribution is 0.217. The predicted molar refractivity (Wildman–Crippen MR) is 105 cm³/mol. The highest BCUT2D eigenvalue weighted by molar-refractivity contribution is 7.90. The summed E-state index contributed by atoms with van der Waals surface area (Å²) in [6, 6.07) is 15.0. The van der Waals surface area contributed by atoms with Gasteiger partial charge in [-0.1, -0.05) is 23.7 Å². The van der Waals surface area contributed by atoms with Gasteiger partial charge in [0.1, 0.15) is 5.75 Å². The van der Waals surface area contributed by atoms with E-state index < -0.39 is 9.84 Å². The summed E-state index contributed by atoms with van der Waals surface area (Å²) in [4.78, 5) is 2.76. The van der Waals surface area contributed by atoms with Gasteiger partial charge in [-0.25, -0.2) is 8.42 Å². The summed E-state index contributed by atoms with van der Waals surface area (Å²) in [6.45, 7) is 4.86. The standard InChI is InChI=1S/C20H24ClNO3S/c1-15(17-4-3-5-18(21)12-17)22-11-10-16(13-22)14-25-19-6-8-20(9-7-19)26(2,23)24/h3-9,12,15-16H,10-11,13-14H2,1-2H3. The third-order valence-corrected chi connectivity index (χ3v) is 6.30. The second-order valence-corrected chi connectivity index (χ2v) is 9.39. The van der Waals surface area contributed by atoms with E-state index >= 15 is 0 Å². The van der Waals surface area contributed by atoms with E-state index in [1.807, 2.05) is 18.2 Å². The quantitative estimate of drug-likeness (QED) is 0.737. The Morgan fingerprint density at radius 1 is 1.23 bits per heavy atom. The molecule has 1 heterocycles. The molecule has 26 heavy (non-hydrogen) atoms. The number of hydrogen-bond donors (Lipinski definition) is 0. The van der Waals surface area contributed by atoms with E-state index in [-0.39, 0.29) is 0 Å². The van der Waals surface area contributed by atoms with Crippen LogP contribution in [0.15, 0.2) is 53.4 Å². The summed E-state index contributed by atoms with van der Waals surface area (Å²) < 4.78 is 28.9. The van der Waals surface area contributed by atoms with Crippen molar-refractivity contribution in [2.24, 2.45) is 5.92 Å². The number of likely N-dealkylation sites (tertiary alicyclic amines) is 1. The Morgan fingerprint density at radius 3 is 2.62 bits per heavy atom. The van der Waals surface area contributed by atoms with Crippen molar-refractivity contribution in [1.82, 2.24) is 4.90 Å². The van der Waals surface area contributed by atoms with Crippen molar-refractivity contribution in [1.29, 1.82) is 0 Å². The summed E-state index contributed by atoms with van der Waals surface area (Å²) in [5, 5.41) is 0.769. The number of benzene rings is 2. The van der Waals surface area contributed by atoms with Crippen molar-refractivity contribution in [3.05, 3.63) is 59.1 Å². The van der Waals surface area contributed by atoms with Gasteiger partial charge >= 0.3 is 0 Å². The summed E-state index contributed by atoms with van der Waals surface area (Å²) in [6.07, 6.45) is 2.30. The molecule has 0 aromatic heterocycles. The number of sulfone groups is 1. The molecule has 0 aliphatic carbocycles. The van der Waals surface area contributed by atoms with Crippen molar-refractivity contribution in [3.8, 4) is 5.75 Å². The number of halogens is 1. The van der Waals surface area contributed by atoms with Gasteiger partial charge in [0.05, 0.1) is 11.5 Å². The fraction of sp³-hybridized carbons (Fsp3) is 0.400. The first-order valence-corrected chi connectivity index (χ1v) is 11.0. The lowest BCUT2D eigenvalue weighted by atomic mass is 10.1. The highest BCUT2D eigenvalue weighted by Crippen LogP contribution is 2.29. The lowest BCUT2D eigenvalue weighted by Gasteiger charge is -2.25. The molecule has 2 atom stereocenters. The molecule has 2 aromatic carbocycles. The van der Waals surface area contributed by atoms with Crippen LogP contribution in [0.5, 0.6) is 5.75 Å². The summed E-state index contributed by atoms with van der Waals surface area (Å²) >= 11 is 6.10. The second kappa shape index (κ2) is 7.99. The molecule has 2 aromatic rings. The molecule has 1 aliphatic heterocycles.